The molecule has 134 valence electrons. The molecule has 1 aromatic rings. The average Bonchev–Trinajstić information content (AvgIpc) is 2.60. The first-order valence-electron chi connectivity index (χ1n) is 8.35. The summed E-state index contributed by atoms with van der Waals surface area (Å²) in [4.78, 5) is 14.1. The molecule has 1 aromatic carbocycles. The number of benzene rings is 1. The number of methoxy groups -OCH3 is 1. The second-order valence-electron chi connectivity index (χ2n) is 5.95. The van der Waals surface area contributed by atoms with Gasteiger partial charge in [-0.25, -0.2) is 8.42 Å². The number of ether oxygens (including phenoxy) is 1. The summed E-state index contributed by atoms with van der Waals surface area (Å²) in [6, 6.07) is 7.70. The van der Waals surface area contributed by atoms with Crippen LogP contribution >= 0.6 is 0 Å². The van der Waals surface area contributed by atoms with E-state index in [4.69, 9.17) is 4.74 Å². The fourth-order valence-electron chi connectivity index (χ4n) is 2.84. The Kier molecular flexibility index (Phi) is 6.62. The van der Waals surface area contributed by atoms with E-state index in [0.717, 1.165) is 11.3 Å². The van der Waals surface area contributed by atoms with Crippen LogP contribution in [0.1, 0.15) is 25.3 Å². The van der Waals surface area contributed by atoms with Gasteiger partial charge in [0, 0.05) is 32.6 Å². The Morgan fingerprint density at radius 2 is 1.92 bits per heavy atom. The lowest BCUT2D eigenvalue weighted by Crippen LogP contribution is -2.51. The molecule has 24 heavy (non-hydrogen) atoms. The van der Waals surface area contributed by atoms with Crippen LogP contribution < -0.4 is 4.74 Å². The third kappa shape index (κ3) is 4.95. The molecule has 0 aromatic heterocycles. The normalized spacial score (nSPS) is 16.2. The van der Waals surface area contributed by atoms with Gasteiger partial charge >= 0.3 is 0 Å². The summed E-state index contributed by atoms with van der Waals surface area (Å²) in [5.41, 5.74) is 1.06. The van der Waals surface area contributed by atoms with E-state index in [0.29, 0.717) is 45.4 Å². The Hall–Kier alpha value is -1.60. The molecule has 0 spiro atoms. The van der Waals surface area contributed by atoms with E-state index >= 15 is 0 Å². The van der Waals surface area contributed by atoms with Gasteiger partial charge in [0.1, 0.15) is 5.75 Å². The summed E-state index contributed by atoms with van der Waals surface area (Å²) in [7, 11) is -1.54. The van der Waals surface area contributed by atoms with Crippen molar-refractivity contribution in [3.63, 3.8) is 0 Å². The average molecular weight is 354 g/mol. The first kappa shape index (κ1) is 18.7. The van der Waals surface area contributed by atoms with Crippen molar-refractivity contribution in [1.82, 2.24) is 9.21 Å². The van der Waals surface area contributed by atoms with Crippen LogP contribution in [-0.2, 0) is 21.2 Å². The molecule has 1 heterocycles. The molecule has 1 saturated heterocycles. The topological polar surface area (TPSA) is 66.9 Å². The van der Waals surface area contributed by atoms with E-state index in [2.05, 4.69) is 0 Å². The molecule has 0 N–H and O–H groups in total. The molecule has 0 unspecified atom stereocenters. The number of sulfonamides is 1. The molecule has 1 aliphatic heterocycles. The SMILES string of the molecule is CCCS(=O)(=O)N1CCN(C(=O)CCc2cccc(OC)c2)CC1. The molecule has 0 saturated carbocycles. The zero-order chi connectivity index (χ0) is 17.6. The molecule has 0 bridgehead atoms. The van der Waals surface area contributed by atoms with E-state index in [-0.39, 0.29) is 11.7 Å². The highest BCUT2D eigenvalue weighted by Crippen LogP contribution is 2.15. The highest BCUT2D eigenvalue weighted by Gasteiger charge is 2.27. The lowest BCUT2D eigenvalue weighted by molar-refractivity contribution is -0.132. The van der Waals surface area contributed by atoms with Crippen molar-refractivity contribution in [2.45, 2.75) is 26.2 Å². The molecule has 0 radical (unpaired) electrons. The van der Waals surface area contributed by atoms with Crippen molar-refractivity contribution in [3.05, 3.63) is 29.8 Å². The predicted octanol–water partition coefficient (Wildman–Crippen LogP) is 1.51. The van der Waals surface area contributed by atoms with Gasteiger partial charge in [0.25, 0.3) is 0 Å². The van der Waals surface area contributed by atoms with Crippen LogP contribution in [0.25, 0.3) is 0 Å². The van der Waals surface area contributed by atoms with Gasteiger partial charge in [0.05, 0.1) is 12.9 Å². The standard InChI is InChI=1S/C17H26N2O4S/c1-3-13-24(21,22)19-11-9-18(10-12-19)17(20)8-7-15-5-4-6-16(14-15)23-2/h4-6,14H,3,7-13H2,1-2H3. The van der Waals surface area contributed by atoms with Crippen molar-refractivity contribution in [3.8, 4) is 5.75 Å². The number of rotatable bonds is 7. The minimum Gasteiger partial charge on any atom is -0.497 e. The first-order chi connectivity index (χ1) is 11.5. The molecule has 0 aliphatic carbocycles. The Morgan fingerprint density at radius 1 is 1.21 bits per heavy atom. The maximum atomic E-state index is 12.3. The third-order valence-corrected chi connectivity index (χ3v) is 6.28. The molecular weight excluding hydrogens is 328 g/mol. The molecule has 2 rings (SSSR count). The summed E-state index contributed by atoms with van der Waals surface area (Å²) >= 11 is 0. The number of carbonyl (C=O) groups is 1. The molecular formula is C17H26N2O4S. The van der Waals surface area contributed by atoms with Gasteiger partial charge in [-0.15, -0.1) is 0 Å². The fraction of sp³-hybridized carbons (Fsp3) is 0.588. The number of amides is 1. The van der Waals surface area contributed by atoms with Gasteiger partial charge in [-0.3, -0.25) is 4.79 Å². The van der Waals surface area contributed by atoms with Gasteiger partial charge in [-0.05, 0) is 30.5 Å². The van der Waals surface area contributed by atoms with Crippen molar-refractivity contribution < 1.29 is 17.9 Å². The Labute approximate surface area is 144 Å². The summed E-state index contributed by atoms with van der Waals surface area (Å²) in [5.74, 6) is 1.04. The quantitative estimate of drug-likeness (QED) is 0.744. The van der Waals surface area contributed by atoms with Gasteiger partial charge in [0.2, 0.25) is 15.9 Å². The van der Waals surface area contributed by atoms with Gasteiger partial charge in [0.15, 0.2) is 0 Å². The second-order valence-corrected chi connectivity index (χ2v) is 8.04. The lowest BCUT2D eigenvalue weighted by atomic mass is 10.1. The molecule has 7 heteroatoms. The number of nitrogens with zero attached hydrogens (tertiary/aromatic N) is 2. The van der Waals surface area contributed by atoms with Crippen LogP contribution in [-0.4, -0.2) is 62.6 Å². The second kappa shape index (κ2) is 8.48. The third-order valence-electron chi connectivity index (χ3n) is 4.21. The van der Waals surface area contributed by atoms with Gasteiger partial charge in [-0.2, -0.15) is 4.31 Å². The number of hydrogen-bond donors (Lipinski definition) is 0. The maximum Gasteiger partial charge on any atom is 0.222 e. The minimum absolute atomic E-state index is 0.0744. The Bertz CT molecular complexity index is 652. The zero-order valence-corrected chi connectivity index (χ0v) is 15.2. The van der Waals surface area contributed by atoms with Crippen LogP contribution in [0.2, 0.25) is 0 Å². The monoisotopic (exact) mass is 354 g/mol. The largest absolute Gasteiger partial charge is 0.497 e. The number of aryl methyl sites for hydroxylation is 1. The van der Waals surface area contributed by atoms with Crippen LogP contribution in [0, 0.1) is 0 Å². The minimum atomic E-state index is -3.16. The molecule has 1 fully saturated rings. The highest BCUT2D eigenvalue weighted by molar-refractivity contribution is 7.89. The molecule has 6 nitrogen and oxygen atoms in total. The molecule has 1 aliphatic rings. The maximum absolute atomic E-state index is 12.3. The fourth-order valence-corrected chi connectivity index (χ4v) is 4.33. The summed E-state index contributed by atoms with van der Waals surface area (Å²) in [6.07, 6.45) is 1.70. The highest BCUT2D eigenvalue weighted by atomic mass is 32.2. The zero-order valence-electron chi connectivity index (χ0n) is 14.4. The van der Waals surface area contributed by atoms with Crippen LogP contribution in [0.3, 0.4) is 0 Å². The van der Waals surface area contributed by atoms with E-state index in [1.807, 2.05) is 31.2 Å². The van der Waals surface area contributed by atoms with E-state index in [9.17, 15) is 13.2 Å². The molecule has 0 atom stereocenters. The van der Waals surface area contributed by atoms with Crippen LogP contribution in [0.5, 0.6) is 5.75 Å². The van der Waals surface area contributed by atoms with Gasteiger partial charge < -0.3 is 9.64 Å². The van der Waals surface area contributed by atoms with E-state index in [1.165, 1.54) is 4.31 Å². The first-order valence-corrected chi connectivity index (χ1v) is 9.95. The van der Waals surface area contributed by atoms with Crippen LogP contribution in [0.15, 0.2) is 24.3 Å². The summed E-state index contributed by atoms with van der Waals surface area (Å²) in [6.45, 7) is 3.59. The van der Waals surface area contributed by atoms with Crippen molar-refractivity contribution in [1.29, 1.82) is 0 Å². The lowest BCUT2D eigenvalue weighted by Gasteiger charge is -2.34. The van der Waals surface area contributed by atoms with E-state index < -0.39 is 10.0 Å². The summed E-state index contributed by atoms with van der Waals surface area (Å²) < 4.78 is 30.8. The van der Waals surface area contributed by atoms with Crippen molar-refractivity contribution >= 4 is 15.9 Å². The smallest absolute Gasteiger partial charge is 0.222 e. The number of carbonyl (C=O) groups excluding carboxylic acids is 1. The number of piperazine rings is 1. The predicted molar refractivity (Wildman–Crippen MR) is 93.5 cm³/mol. The van der Waals surface area contributed by atoms with E-state index in [1.54, 1.807) is 12.0 Å². The van der Waals surface area contributed by atoms with Gasteiger partial charge in [-0.1, -0.05) is 19.1 Å². The van der Waals surface area contributed by atoms with Crippen molar-refractivity contribution in [2.75, 3.05) is 39.0 Å². The Balaban J connectivity index is 1.82. The number of hydrogen-bond acceptors (Lipinski definition) is 4. The van der Waals surface area contributed by atoms with Crippen LogP contribution in [0.4, 0.5) is 0 Å². The Morgan fingerprint density at radius 3 is 2.54 bits per heavy atom. The van der Waals surface area contributed by atoms with Crippen molar-refractivity contribution in [2.24, 2.45) is 0 Å². The summed E-state index contributed by atoms with van der Waals surface area (Å²) in [5, 5.41) is 0. The molecule has 1 amide bonds.